The molecule has 1 aromatic rings. The molecule has 8 heteroatoms. The number of hydrogen-bond acceptors (Lipinski definition) is 7. The Morgan fingerprint density at radius 3 is 2.42 bits per heavy atom. The first-order valence-electron chi connectivity index (χ1n) is 5.73. The molecule has 0 fully saturated rings. The van der Waals surface area contributed by atoms with Gasteiger partial charge in [0, 0.05) is 16.7 Å². The highest BCUT2D eigenvalue weighted by molar-refractivity contribution is 8.07. The third-order valence-corrected chi connectivity index (χ3v) is 5.41. The van der Waals surface area contributed by atoms with E-state index in [2.05, 4.69) is 0 Å². The second kappa shape index (κ2) is 7.36. The van der Waals surface area contributed by atoms with Crippen LogP contribution in [-0.2, 0) is 25.6 Å². The predicted molar refractivity (Wildman–Crippen MR) is 78.6 cm³/mol. The van der Waals surface area contributed by atoms with E-state index in [4.69, 9.17) is 30.1 Å². The van der Waals surface area contributed by atoms with Gasteiger partial charge >= 0.3 is 12.7 Å². The molecule has 0 saturated carbocycles. The lowest BCUT2D eigenvalue weighted by molar-refractivity contribution is 0.0604. The Balaban J connectivity index is 3.02. The lowest BCUT2D eigenvalue weighted by Crippen LogP contribution is -2.05. The van der Waals surface area contributed by atoms with Gasteiger partial charge in [-0.05, 0) is 26.8 Å². The zero-order valence-electron chi connectivity index (χ0n) is 11.3. The van der Waals surface area contributed by atoms with Crippen LogP contribution in [0.5, 0.6) is 5.75 Å². The van der Waals surface area contributed by atoms with Gasteiger partial charge in [0.15, 0.2) is 10.6 Å². The summed E-state index contributed by atoms with van der Waals surface area (Å²) in [6, 6.07) is 1.73. The fraction of sp³-hybridized carbons (Fsp3) is 0.545. The smallest absolute Gasteiger partial charge is 0.380 e. The van der Waals surface area contributed by atoms with Gasteiger partial charge in [-0.1, -0.05) is 0 Å². The molecule has 5 nitrogen and oxygen atoms in total. The minimum atomic E-state index is -2.87. The van der Waals surface area contributed by atoms with E-state index in [0.717, 1.165) is 4.88 Å². The third-order valence-electron chi connectivity index (χ3n) is 1.98. The molecular weight excluding hydrogens is 307 g/mol. The molecule has 1 heterocycles. The minimum Gasteiger partial charge on any atom is -0.465 e. The van der Waals surface area contributed by atoms with Crippen LogP contribution >= 0.6 is 18.1 Å². The van der Waals surface area contributed by atoms with E-state index in [1.165, 1.54) is 18.4 Å². The maximum atomic E-state index is 11.7. The number of methoxy groups -OCH3 is 1. The van der Waals surface area contributed by atoms with Gasteiger partial charge in [-0.25, -0.2) is 4.79 Å². The average molecular weight is 324 g/mol. The van der Waals surface area contributed by atoms with Crippen LogP contribution < -0.4 is 4.52 Å². The van der Waals surface area contributed by atoms with Crippen molar-refractivity contribution in [2.24, 2.45) is 0 Å². The van der Waals surface area contributed by atoms with Crippen LogP contribution in [0.15, 0.2) is 6.07 Å². The number of ether oxygens (including phenoxy) is 1. The highest BCUT2D eigenvalue weighted by Gasteiger charge is 2.26. The number of esters is 1. The second-order valence-corrected chi connectivity index (χ2v) is 7.61. The zero-order valence-corrected chi connectivity index (χ0v) is 13.8. The molecule has 0 unspecified atom stereocenters. The number of hydrogen-bond donors (Lipinski definition) is 0. The molecular formula is C11H17O5PS2. The molecule has 0 aromatic carbocycles. The van der Waals surface area contributed by atoms with E-state index in [9.17, 15) is 4.79 Å². The molecule has 0 aliphatic carbocycles. The summed E-state index contributed by atoms with van der Waals surface area (Å²) in [6.45, 7) is 3.38. The van der Waals surface area contributed by atoms with Gasteiger partial charge in [-0.2, -0.15) is 0 Å². The van der Waals surface area contributed by atoms with Crippen LogP contribution in [0.2, 0.25) is 0 Å². The molecule has 108 valence electrons. The summed E-state index contributed by atoms with van der Waals surface area (Å²) in [6.07, 6.45) is 0. The normalized spacial score (nSPS) is 11.4. The molecule has 1 rings (SSSR count). The largest absolute Gasteiger partial charge is 0.465 e. The molecule has 0 amide bonds. The average Bonchev–Trinajstić information content (AvgIpc) is 2.69. The Kier molecular flexibility index (Phi) is 6.42. The highest BCUT2D eigenvalue weighted by Crippen LogP contribution is 2.51. The van der Waals surface area contributed by atoms with Crippen LogP contribution in [0.3, 0.4) is 0 Å². The van der Waals surface area contributed by atoms with Gasteiger partial charge in [0.2, 0.25) is 0 Å². The Hall–Kier alpha value is -0.460. The van der Waals surface area contributed by atoms with Gasteiger partial charge < -0.3 is 9.26 Å². The van der Waals surface area contributed by atoms with Crippen molar-refractivity contribution in [3.8, 4) is 5.75 Å². The van der Waals surface area contributed by atoms with Crippen LogP contribution in [-0.4, -0.2) is 26.3 Å². The lowest BCUT2D eigenvalue weighted by Gasteiger charge is -2.20. The maximum Gasteiger partial charge on any atom is 0.380 e. The van der Waals surface area contributed by atoms with Gasteiger partial charge in [0.1, 0.15) is 0 Å². The zero-order chi connectivity index (χ0) is 14.5. The monoisotopic (exact) mass is 324 g/mol. The fourth-order valence-corrected chi connectivity index (χ4v) is 4.31. The summed E-state index contributed by atoms with van der Waals surface area (Å²) >= 11 is 6.56. The van der Waals surface area contributed by atoms with Crippen molar-refractivity contribution in [1.29, 1.82) is 0 Å². The van der Waals surface area contributed by atoms with Crippen molar-refractivity contribution in [2.75, 3.05) is 20.3 Å². The van der Waals surface area contributed by atoms with Crippen molar-refractivity contribution in [1.82, 2.24) is 0 Å². The number of carbonyl (C=O) groups excluding carboxylic acids is 1. The molecule has 19 heavy (non-hydrogen) atoms. The van der Waals surface area contributed by atoms with Crippen molar-refractivity contribution in [2.45, 2.75) is 20.8 Å². The first-order valence-corrected chi connectivity index (χ1v) is 9.10. The quantitative estimate of drug-likeness (QED) is 0.565. The first-order chi connectivity index (χ1) is 8.95. The number of carbonyl (C=O) groups is 1. The van der Waals surface area contributed by atoms with E-state index in [1.54, 1.807) is 6.07 Å². The summed E-state index contributed by atoms with van der Waals surface area (Å²) in [5.41, 5.74) is 0. The Morgan fingerprint density at radius 2 is 1.95 bits per heavy atom. The minimum absolute atomic E-state index is 0.361. The second-order valence-electron chi connectivity index (χ2n) is 3.42. The van der Waals surface area contributed by atoms with Crippen molar-refractivity contribution in [3.05, 3.63) is 15.8 Å². The van der Waals surface area contributed by atoms with E-state index in [1.807, 2.05) is 20.8 Å². The van der Waals surface area contributed by atoms with Crippen molar-refractivity contribution >= 4 is 35.8 Å². The molecule has 0 atom stereocenters. The van der Waals surface area contributed by atoms with Gasteiger partial charge in [-0.15, -0.1) is 11.3 Å². The molecule has 0 spiro atoms. The first kappa shape index (κ1) is 16.6. The summed E-state index contributed by atoms with van der Waals surface area (Å²) < 4.78 is 21.1. The van der Waals surface area contributed by atoms with E-state index in [0.29, 0.717) is 23.8 Å². The van der Waals surface area contributed by atoms with Crippen molar-refractivity contribution in [3.63, 3.8) is 0 Å². The van der Waals surface area contributed by atoms with Crippen LogP contribution in [0, 0.1) is 6.92 Å². The van der Waals surface area contributed by atoms with Gasteiger partial charge in [0.05, 0.1) is 20.3 Å². The number of aryl methyl sites for hydroxylation is 1. The lowest BCUT2D eigenvalue weighted by atomic mass is 10.4. The summed E-state index contributed by atoms with van der Waals surface area (Å²) in [5, 5.41) is 0. The van der Waals surface area contributed by atoms with Crippen LogP contribution in [0.1, 0.15) is 28.4 Å². The summed E-state index contributed by atoms with van der Waals surface area (Å²) in [4.78, 5) is 12.9. The molecule has 0 aliphatic rings. The topological polar surface area (TPSA) is 54.0 Å². The number of thiophene rings is 1. The van der Waals surface area contributed by atoms with Crippen LogP contribution in [0.4, 0.5) is 0 Å². The Morgan fingerprint density at radius 1 is 1.37 bits per heavy atom. The SMILES string of the molecule is CCOP(=S)(OCC)Oc1cc(C)sc1C(=O)OC. The molecule has 0 saturated heterocycles. The standard InChI is InChI=1S/C11H17O5PS2/c1-5-14-17(18,15-6-2)16-9-7-8(3)19-10(9)11(12)13-4/h7H,5-6H2,1-4H3. The third kappa shape index (κ3) is 4.54. The van der Waals surface area contributed by atoms with Gasteiger partial charge in [0.25, 0.3) is 0 Å². The molecule has 0 bridgehead atoms. The fourth-order valence-electron chi connectivity index (χ4n) is 1.32. The summed E-state index contributed by atoms with van der Waals surface area (Å²) in [5.74, 6) is -0.0952. The van der Waals surface area contributed by atoms with Crippen LogP contribution in [0.25, 0.3) is 0 Å². The Bertz CT molecular complexity index is 475. The highest BCUT2D eigenvalue weighted by atomic mass is 32.5. The molecule has 0 N–H and O–H groups in total. The molecule has 1 aromatic heterocycles. The molecule has 0 aliphatic heterocycles. The van der Waals surface area contributed by atoms with Crippen molar-refractivity contribution < 1.29 is 23.1 Å². The van der Waals surface area contributed by atoms with E-state index in [-0.39, 0.29) is 0 Å². The number of rotatable bonds is 7. The predicted octanol–water partition coefficient (Wildman–Crippen LogP) is 3.52. The Labute approximate surface area is 122 Å². The van der Waals surface area contributed by atoms with Gasteiger partial charge in [-0.3, -0.25) is 9.05 Å². The summed E-state index contributed by atoms with van der Waals surface area (Å²) in [7, 11) is 1.32. The molecule has 0 radical (unpaired) electrons. The van der Waals surface area contributed by atoms with E-state index >= 15 is 0 Å². The van der Waals surface area contributed by atoms with E-state index < -0.39 is 12.7 Å². The maximum absolute atomic E-state index is 11.7.